The van der Waals surface area contributed by atoms with E-state index in [2.05, 4.69) is 15.8 Å². The Morgan fingerprint density at radius 2 is 1.76 bits per heavy atom. The molecule has 3 rings (SSSR count). The number of carbonyl (C=O) groups excluding carboxylic acids is 2. The van der Waals surface area contributed by atoms with Gasteiger partial charge < -0.3 is 19.5 Å². The van der Waals surface area contributed by atoms with Gasteiger partial charge in [-0.25, -0.2) is 5.43 Å². The van der Waals surface area contributed by atoms with Gasteiger partial charge in [0.1, 0.15) is 5.92 Å². The first-order valence-electron chi connectivity index (χ1n) is 9.04. The third-order valence-corrected chi connectivity index (χ3v) is 4.77. The summed E-state index contributed by atoms with van der Waals surface area (Å²) in [5.74, 6) is -0.436. The Kier molecular flexibility index (Phi) is 6.33. The molecule has 0 saturated carbocycles. The maximum Gasteiger partial charge on any atom is 0.253 e. The molecule has 0 aliphatic carbocycles. The van der Waals surface area contributed by atoms with Gasteiger partial charge in [-0.3, -0.25) is 9.59 Å². The summed E-state index contributed by atoms with van der Waals surface area (Å²) in [5, 5.41) is 6.75. The van der Waals surface area contributed by atoms with Crippen LogP contribution >= 0.6 is 0 Å². The third kappa shape index (κ3) is 4.31. The van der Waals surface area contributed by atoms with Crippen LogP contribution in [-0.2, 0) is 9.59 Å². The fourth-order valence-corrected chi connectivity index (χ4v) is 3.35. The average molecular weight is 397 g/mol. The van der Waals surface area contributed by atoms with Gasteiger partial charge >= 0.3 is 0 Å². The first kappa shape index (κ1) is 20.2. The molecule has 0 spiro atoms. The van der Waals surface area contributed by atoms with Gasteiger partial charge in [0.15, 0.2) is 11.5 Å². The molecule has 29 heavy (non-hydrogen) atoms. The molecule has 1 heterocycles. The summed E-state index contributed by atoms with van der Waals surface area (Å²) < 4.78 is 15.9. The van der Waals surface area contributed by atoms with Gasteiger partial charge in [0, 0.05) is 18.0 Å². The standard InChI is InChI=1S/C21H23N3O5/c1-27-16-9-13(10-17(28-2)19(16)29-3)11-23-24-21(26)18-15(12-22-20(18)25)14-7-5-4-6-8-14/h4-11,15,18H,12H2,1-3H3,(H,22,25)(H,24,26)/b23-11+. The van der Waals surface area contributed by atoms with E-state index >= 15 is 0 Å². The van der Waals surface area contributed by atoms with Crippen molar-refractivity contribution in [3.63, 3.8) is 0 Å². The number of benzene rings is 2. The quantitative estimate of drug-likeness (QED) is 0.421. The monoisotopic (exact) mass is 397 g/mol. The van der Waals surface area contributed by atoms with Gasteiger partial charge in [-0.1, -0.05) is 30.3 Å². The van der Waals surface area contributed by atoms with Crippen LogP contribution in [0.5, 0.6) is 17.2 Å². The van der Waals surface area contributed by atoms with Crippen LogP contribution in [0.4, 0.5) is 0 Å². The van der Waals surface area contributed by atoms with E-state index < -0.39 is 11.8 Å². The molecule has 1 saturated heterocycles. The smallest absolute Gasteiger partial charge is 0.253 e. The Hall–Kier alpha value is -3.55. The number of hydrogen-bond acceptors (Lipinski definition) is 6. The predicted octanol–water partition coefficient (Wildman–Crippen LogP) is 1.69. The zero-order valence-electron chi connectivity index (χ0n) is 16.5. The number of nitrogens with one attached hydrogen (secondary N) is 2. The molecule has 8 heteroatoms. The minimum absolute atomic E-state index is 0.236. The highest BCUT2D eigenvalue weighted by Crippen LogP contribution is 2.37. The second kappa shape index (κ2) is 9.09. The first-order chi connectivity index (χ1) is 14.1. The molecule has 2 amide bonds. The molecule has 2 aromatic carbocycles. The Balaban J connectivity index is 1.74. The maximum atomic E-state index is 12.6. The lowest BCUT2D eigenvalue weighted by Crippen LogP contribution is -2.34. The van der Waals surface area contributed by atoms with Crippen molar-refractivity contribution in [3.05, 3.63) is 53.6 Å². The summed E-state index contributed by atoms with van der Waals surface area (Å²) >= 11 is 0. The fraction of sp³-hybridized carbons (Fsp3) is 0.286. The van der Waals surface area contributed by atoms with Crippen LogP contribution in [0.3, 0.4) is 0 Å². The lowest BCUT2D eigenvalue weighted by Gasteiger charge is -2.15. The zero-order valence-corrected chi connectivity index (χ0v) is 16.5. The lowest BCUT2D eigenvalue weighted by atomic mass is 9.88. The number of nitrogens with zero attached hydrogens (tertiary/aromatic N) is 1. The molecular formula is C21H23N3O5. The molecule has 0 radical (unpaired) electrons. The third-order valence-electron chi connectivity index (χ3n) is 4.77. The molecule has 0 bridgehead atoms. The van der Waals surface area contributed by atoms with Gasteiger partial charge in [0.05, 0.1) is 27.5 Å². The van der Waals surface area contributed by atoms with Crippen molar-refractivity contribution in [3.8, 4) is 17.2 Å². The van der Waals surface area contributed by atoms with Gasteiger partial charge in [0.25, 0.3) is 5.91 Å². The van der Waals surface area contributed by atoms with E-state index in [0.717, 1.165) is 5.56 Å². The molecule has 2 atom stereocenters. The van der Waals surface area contributed by atoms with Gasteiger partial charge in [-0.05, 0) is 17.7 Å². The van der Waals surface area contributed by atoms with Crippen molar-refractivity contribution in [1.29, 1.82) is 0 Å². The number of hydrogen-bond donors (Lipinski definition) is 2. The summed E-state index contributed by atoms with van der Waals surface area (Å²) in [6.45, 7) is 0.414. The minimum Gasteiger partial charge on any atom is -0.493 e. The number of carbonyl (C=O) groups is 2. The molecule has 8 nitrogen and oxygen atoms in total. The number of ether oxygens (including phenoxy) is 3. The van der Waals surface area contributed by atoms with E-state index in [1.807, 2.05) is 30.3 Å². The van der Waals surface area contributed by atoms with E-state index in [1.54, 1.807) is 12.1 Å². The first-order valence-corrected chi connectivity index (χ1v) is 9.04. The molecule has 1 aliphatic rings. The van der Waals surface area contributed by atoms with E-state index in [-0.39, 0.29) is 11.8 Å². The summed E-state index contributed by atoms with van der Waals surface area (Å²) in [6.07, 6.45) is 1.45. The molecule has 1 fully saturated rings. The van der Waals surface area contributed by atoms with Crippen LogP contribution in [0.15, 0.2) is 47.6 Å². The second-order valence-corrected chi connectivity index (χ2v) is 6.43. The highest BCUT2D eigenvalue weighted by molar-refractivity contribution is 6.03. The highest BCUT2D eigenvalue weighted by atomic mass is 16.5. The van der Waals surface area contributed by atoms with Crippen LogP contribution in [-0.4, -0.2) is 45.9 Å². The number of methoxy groups -OCH3 is 3. The largest absolute Gasteiger partial charge is 0.493 e. The van der Waals surface area contributed by atoms with E-state index in [9.17, 15) is 9.59 Å². The summed E-state index contributed by atoms with van der Waals surface area (Å²) in [6, 6.07) is 12.9. The number of rotatable bonds is 7. The Morgan fingerprint density at radius 3 is 2.34 bits per heavy atom. The van der Waals surface area contributed by atoms with Crippen molar-refractivity contribution in [1.82, 2.24) is 10.7 Å². The summed E-state index contributed by atoms with van der Waals surface area (Å²) in [7, 11) is 4.55. The Bertz CT molecular complexity index is 889. The van der Waals surface area contributed by atoms with Crippen LogP contribution in [0.25, 0.3) is 0 Å². The number of amides is 2. The van der Waals surface area contributed by atoms with Crippen LogP contribution < -0.4 is 25.0 Å². The summed E-state index contributed by atoms with van der Waals surface area (Å²) in [5.41, 5.74) is 4.03. The molecule has 152 valence electrons. The van der Waals surface area contributed by atoms with Crippen molar-refractivity contribution >= 4 is 18.0 Å². The van der Waals surface area contributed by atoms with Crippen molar-refractivity contribution in [2.24, 2.45) is 11.0 Å². The van der Waals surface area contributed by atoms with Crippen molar-refractivity contribution in [2.45, 2.75) is 5.92 Å². The second-order valence-electron chi connectivity index (χ2n) is 6.43. The number of hydrazone groups is 1. The normalized spacial score (nSPS) is 18.4. The minimum atomic E-state index is -0.838. The van der Waals surface area contributed by atoms with Crippen molar-refractivity contribution in [2.75, 3.05) is 27.9 Å². The van der Waals surface area contributed by atoms with Crippen LogP contribution in [0.1, 0.15) is 17.0 Å². The van der Waals surface area contributed by atoms with Gasteiger partial charge in [0.2, 0.25) is 11.7 Å². The van der Waals surface area contributed by atoms with Crippen molar-refractivity contribution < 1.29 is 23.8 Å². The molecule has 2 unspecified atom stereocenters. The van der Waals surface area contributed by atoms with Gasteiger partial charge in [-0.2, -0.15) is 5.10 Å². The molecular weight excluding hydrogens is 374 g/mol. The lowest BCUT2D eigenvalue weighted by molar-refractivity contribution is -0.133. The predicted molar refractivity (Wildman–Crippen MR) is 108 cm³/mol. The zero-order chi connectivity index (χ0) is 20.8. The van der Waals surface area contributed by atoms with Crippen LogP contribution in [0, 0.1) is 5.92 Å². The average Bonchev–Trinajstić information content (AvgIpc) is 3.14. The Morgan fingerprint density at radius 1 is 1.10 bits per heavy atom. The van der Waals surface area contributed by atoms with E-state index in [0.29, 0.717) is 29.4 Å². The highest BCUT2D eigenvalue weighted by Gasteiger charge is 2.40. The molecule has 2 aromatic rings. The van der Waals surface area contributed by atoms with Crippen LogP contribution in [0.2, 0.25) is 0 Å². The van der Waals surface area contributed by atoms with Gasteiger partial charge in [-0.15, -0.1) is 0 Å². The van der Waals surface area contributed by atoms with E-state index in [4.69, 9.17) is 14.2 Å². The maximum absolute atomic E-state index is 12.6. The summed E-state index contributed by atoms with van der Waals surface area (Å²) in [4.78, 5) is 24.8. The SMILES string of the molecule is COc1cc(/C=N/NC(=O)C2C(=O)NCC2c2ccccc2)cc(OC)c1OC. The molecule has 0 aromatic heterocycles. The Labute approximate surface area is 168 Å². The molecule has 2 N–H and O–H groups in total. The topological polar surface area (TPSA) is 98.2 Å². The fourth-order valence-electron chi connectivity index (χ4n) is 3.35. The van der Waals surface area contributed by atoms with E-state index in [1.165, 1.54) is 27.5 Å². The molecule has 1 aliphatic heterocycles.